The molecule has 0 bridgehead atoms. The van der Waals surface area contributed by atoms with Crippen molar-refractivity contribution in [3.05, 3.63) is 59.7 Å². The van der Waals surface area contributed by atoms with E-state index in [1.54, 1.807) is 18.2 Å². The third kappa shape index (κ3) is 4.90. The summed E-state index contributed by atoms with van der Waals surface area (Å²) in [7, 11) is 0. The molecule has 116 valence electrons. The summed E-state index contributed by atoms with van der Waals surface area (Å²) in [6.45, 7) is 5.63. The maximum atomic E-state index is 12.2. The molecule has 0 unspecified atom stereocenters. The van der Waals surface area contributed by atoms with E-state index in [-0.39, 0.29) is 5.91 Å². The highest BCUT2D eigenvalue weighted by molar-refractivity contribution is 6.04. The third-order valence-electron chi connectivity index (χ3n) is 3.11. The van der Waals surface area contributed by atoms with E-state index in [2.05, 4.69) is 5.32 Å². The van der Waals surface area contributed by atoms with Crippen LogP contribution in [-0.2, 0) is 4.74 Å². The Bertz CT molecular complexity index is 608. The molecule has 0 heterocycles. The minimum atomic E-state index is -0.154. The zero-order chi connectivity index (χ0) is 15.8. The summed E-state index contributed by atoms with van der Waals surface area (Å²) in [5.41, 5.74) is 2.50. The molecule has 0 aliphatic heterocycles. The van der Waals surface area contributed by atoms with E-state index in [4.69, 9.17) is 9.47 Å². The van der Waals surface area contributed by atoms with Crippen LogP contribution in [0.5, 0.6) is 5.75 Å². The molecule has 4 heteroatoms. The van der Waals surface area contributed by atoms with Gasteiger partial charge in [0.15, 0.2) is 0 Å². The van der Waals surface area contributed by atoms with Crippen LogP contribution in [0.4, 0.5) is 5.69 Å². The average molecular weight is 299 g/mol. The second-order valence-electron chi connectivity index (χ2n) is 4.89. The van der Waals surface area contributed by atoms with Crippen LogP contribution in [0.1, 0.15) is 22.8 Å². The van der Waals surface area contributed by atoms with Gasteiger partial charge >= 0.3 is 0 Å². The molecule has 0 aliphatic rings. The van der Waals surface area contributed by atoms with Crippen LogP contribution in [0.3, 0.4) is 0 Å². The second-order valence-corrected chi connectivity index (χ2v) is 4.89. The monoisotopic (exact) mass is 299 g/mol. The van der Waals surface area contributed by atoms with Gasteiger partial charge in [-0.2, -0.15) is 0 Å². The van der Waals surface area contributed by atoms with Crippen molar-refractivity contribution in [2.45, 2.75) is 13.8 Å². The summed E-state index contributed by atoms with van der Waals surface area (Å²) in [5, 5.41) is 2.87. The van der Waals surface area contributed by atoms with Crippen molar-refractivity contribution < 1.29 is 14.3 Å². The van der Waals surface area contributed by atoms with Gasteiger partial charge in [-0.15, -0.1) is 0 Å². The first kappa shape index (κ1) is 16.0. The molecule has 22 heavy (non-hydrogen) atoms. The maximum Gasteiger partial charge on any atom is 0.255 e. The van der Waals surface area contributed by atoms with E-state index >= 15 is 0 Å². The number of hydrogen-bond donors (Lipinski definition) is 1. The first-order valence-corrected chi connectivity index (χ1v) is 7.37. The number of carbonyl (C=O) groups excluding carboxylic acids is 1. The molecule has 2 aromatic carbocycles. The lowest BCUT2D eigenvalue weighted by atomic mass is 10.2. The minimum Gasteiger partial charge on any atom is -0.491 e. The molecule has 4 nitrogen and oxygen atoms in total. The van der Waals surface area contributed by atoms with Crippen molar-refractivity contribution in [2.24, 2.45) is 0 Å². The van der Waals surface area contributed by atoms with Crippen LogP contribution in [0.15, 0.2) is 48.5 Å². The Morgan fingerprint density at radius 1 is 1.09 bits per heavy atom. The number of rotatable bonds is 7. The fourth-order valence-electron chi connectivity index (χ4n) is 1.93. The van der Waals surface area contributed by atoms with Crippen molar-refractivity contribution >= 4 is 11.6 Å². The van der Waals surface area contributed by atoms with Crippen molar-refractivity contribution in [3.8, 4) is 5.75 Å². The normalized spacial score (nSPS) is 10.3. The maximum absolute atomic E-state index is 12.2. The molecule has 0 fully saturated rings. The average Bonchev–Trinajstić information content (AvgIpc) is 2.54. The number of benzene rings is 2. The highest BCUT2D eigenvalue weighted by Crippen LogP contribution is 2.16. The second kappa shape index (κ2) is 8.20. The van der Waals surface area contributed by atoms with Crippen LogP contribution in [0.2, 0.25) is 0 Å². The van der Waals surface area contributed by atoms with Crippen LogP contribution >= 0.6 is 0 Å². The van der Waals surface area contributed by atoms with E-state index in [9.17, 15) is 4.79 Å². The van der Waals surface area contributed by atoms with Gasteiger partial charge in [0.1, 0.15) is 12.4 Å². The van der Waals surface area contributed by atoms with E-state index in [0.29, 0.717) is 31.1 Å². The summed E-state index contributed by atoms with van der Waals surface area (Å²) in [6.07, 6.45) is 0. The molecule has 2 rings (SSSR count). The van der Waals surface area contributed by atoms with Gasteiger partial charge in [-0.05, 0) is 44.2 Å². The molecule has 2 aromatic rings. The highest BCUT2D eigenvalue weighted by Gasteiger charge is 2.07. The number of nitrogens with one attached hydrogen (secondary N) is 1. The van der Waals surface area contributed by atoms with Crippen LogP contribution in [0.25, 0.3) is 0 Å². The van der Waals surface area contributed by atoms with Crippen molar-refractivity contribution in [3.63, 3.8) is 0 Å². The Morgan fingerprint density at radius 3 is 2.59 bits per heavy atom. The summed E-state index contributed by atoms with van der Waals surface area (Å²) in [4.78, 5) is 12.2. The van der Waals surface area contributed by atoms with Crippen molar-refractivity contribution in [1.82, 2.24) is 0 Å². The van der Waals surface area contributed by atoms with Crippen LogP contribution in [0, 0.1) is 6.92 Å². The number of hydrogen-bond acceptors (Lipinski definition) is 3. The van der Waals surface area contributed by atoms with Gasteiger partial charge in [0.25, 0.3) is 5.91 Å². The molecule has 0 atom stereocenters. The smallest absolute Gasteiger partial charge is 0.255 e. The van der Waals surface area contributed by atoms with E-state index in [1.807, 2.05) is 44.2 Å². The van der Waals surface area contributed by atoms with E-state index in [0.717, 1.165) is 11.3 Å². The first-order valence-electron chi connectivity index (χ1n) is 7.37. The van der Waals surface area contributed by atoms with Gasteiger partial charge in [-0.1, -0.05) is 23.8 Å². The molecule has 1 N–H and O–H groups in total. The topological polar surface area (TPSA) is 47.6 Å². The lowest BCUT2D eigenvalue weighted by molar-refractivity contribution is 0.102. The van der Waals surface area contributed by atoms with Gasteiger partial charge in [0.05, 0.1) is 6.61 Å². The van der Waals surface area contributed by atoms with Gasteiger partial charge in [0, 0.05) is 17.9 Å². The van der Waals surface area contributed by atoms with E-state index < -0.39 is 0 Å². The third-order valence-corrected chi connectivity index (χ3v) is 3.11. The molecule has 1 amide bonds. The van der Waals surface area contributed by atoms with Gasteiger partial charge in [-0.25, -0.2) is 0 Å². The van der Waals surface area contributed by atoms with Crippen LogP contribution in [-0.4, -0.2) is 25.7 Å². The summed E-state index contributed by atoms with van der Waals surface area (Å²) in [5.74, 6) is 0.510. The zero-order valence-corrected chi connectivity index (χ0v) is 13.0. The minimum absolute atomic E-state index is 0.154. The zero-order valence-electron chi connectivity index (χ0n) is 13.0. The molecular formula is C18H21NO3. The molecular weight excluding hydrogens is 278 g/mol. The SMILES string of the molecule is CCOCCOc1cccc(C(=O)Nc2ccc(C)cc2)c1. The predicted molar refractivity (Wildman–Crippen MR) is 87.6 cm³/mol. The molecule has 0 radical (unpaired) electrons. The Morgan fingerprint density at radius 2 is 1.86 bits per heavy atom. The molecule has 0 saturated carbocycles. The largest absolute Gasteiger partial charge is 0.491 e. The number of carbonyl (C=O) groups is 1. The van der Waals surface area contributed by atoms with Gasteiger partial charge in [0.2, 0.25) is 0 Å². The predicted octanol–water partition coefficient (Wildman–Crippen LogP) is 3.66. The fraction of sp³-hybridized carbons (Fsp3) is 0.278. The van der Waals surface area contributed by atoms with Crippen molar-refractivity contribution in [2.75, 3.05) is 25.1 Å². The van der Waals surface area contributed by atoms with Gasteiger partial charge < -0.3 is 14.8 Å². The standard InChI is InChI=1S/C18H21NO3/c1-3-21-11-12-22-17-6-4-5-15(13-17)18(20)19-16-9-7-14(2)8-10-16/h4-10,13H,3,11-12H2,1-2H3,(H,19,20). The lowest BCUT2D eigenvalue weighted by Crippen LogP contribution is -2.12. The first-order chi connectivity index (χ1) is 10.7. The molecule has 0 saturated heterocycles. The quantitative estimate of drug-likeness (QED) is 0.794. The Hall–Kier alpha value is -2.33. The van der Waals surface area contributed by atoms with E-state index in [1.165, 1.54) is 0 Å². The number of amides is 1. The Balaban J connectivity index is 1.96. The number of anilines is 1. The summed E-state index contributed by atoms with van der Waals surface area (Å²) >= 11 is 0. The van der Waals surface area contributed by atoms with Crippen molar-refractivity contribution in [1.29, 1.82) is 0 Å². The number of aryl methyl sites for hydroxylation is 1. The highest BCUT2D eigenvalue weighted by atomic mass is 16.5. The van der Waals surface area contributed by atoms with Crippen LogP contribution < -0.4 is 10.1 Å². The molecule has 0 aromatic heterocycles. The summed E-state index contributed by atoms with van der Waals surface area (Å²) < 4.78 is 10.8. The number of ether oxygens (including phenoxy) is 2. The Labute approximate surface area is 131 Å². The lowest BCUT2D eigenvalue weighted by Gasteiger charge is -2.09. The van der Waals surface area contributed by atoms with Gasteiger partial charge in [-0.3, -0.25) is 4.79 Å². The Kier molecular flexibility index (Phi) is 5.98. The fourth-order valence-corrected chi connectivity index (χ4v) is 1.93. The molecule has 0 aliphatic carbocycles. The summed E-state index contributed by atoms with van der Waals surface area (Å²) in [6, 6.07) is 14.8. The molecule has 0 spiro atoms.